The van der Waals surface area contributed by atoms with Gasteiger partial charge in [0.15, 0.2) is 30.5 Å². The summed E-state index contributed by atoms with van der Waals surface area (Å²) in [5.41, 5.74) is -0.500. The normalized spacial score (nSPS) is 11.6. The zero-order valence-electron chi connectivity index (χ0n) is 13.8. The van der Waals surface area contributed by atoms with E-state index in [4.69, 9.17) is 0 Å². The zero-order chi connectivity index (χ0) is 19.0. The average molecular weight is 361 g/mol. The first-order chi connectivity index (χ1) is 11.7. The van der Waals surface area contributed by atoms with Gasteiger partial charge in [-0.25, -0.2) is 18.0 Å². The van der Waals surface area contributed by atoms with Crippen LogP contribution >= 0.6 is 0 Å². The van der Waals surface area contributed by atoms with Crippen LogP contribution in [0.1, 0.15) is 13.3 Å². The third-order valence-electron chi connectivity index (χ3n) is 3.02. The molecule has 1 aromatic rings. The van der Waals surface area contributed by atoms with Crippen LogP contribution in [0, 0.1) is 17.5 Å². The van der Waals surface area contributed by atoms with E-state index >= 15 is 0 Å². The number of hydrogen-bond donors (Lipinski definition) is 4. The molecule has 0 saturated carbocycles. The fourth-order valence-corrected chi connectivity index (χ4v) is 1.88. The van der Waals surface area contributed by atoms with Crippen LogP contribution in [0.15, 0.2) is 12.1 Å². The Labute approximate surface area is 142 Å². The number of nitrogens with one attached hydrogen (secondary N) is 4. The fourth-order valence-electron chi connectivity index (χ4n) is 1.88. The minimum atomic E-state index is -1.68. The van der Waals surface area contributed by atoms with Crippen molar-refractivity contribution in [3.05, 3.63) is 29.6 Å². The van der Waals surface area contributed by atoms with Crippen LogP contribution in [-0.4, -0.2) is 44.5 Å². The van der Waals surface area contributed by atoms with Gasteiger partial charge in [-0.15, -0.1) is 0 Å². The van der Waals surface area contributed by atoms with Crippen molar-refractivity contribution in [2.24, 2.45) is 0 Å². The summed E-state index contributed by atoms with van der Waals surface area (Å²) < 4.78 is 39.4. The Morgan fingerprint density at radius 2 is 1.68 bits per heavy atom. The summed E-state index contributed by atoms with van der Waals surface area (Å²) in [5, 5.41) is 6.66. The second-order valence-electron chi connectivity index (χ2n) is 5.39. The van der Waals surface area contributed by atoms with Crippen LogP contribution in [0.4, 0.5) is 23.7 Å². The van der Waals surface area contributed by atoms with E-state index in [1.165, 1.54) is 7.05 Å². The molecular weight excluding hydrogens is 341 g/mol. The van der Waals surface area contributed by atoms with Crippen molar-refractivity contribution in [2.45, 2.75) is 13.3 Å². The van der Waals surface area contributed by atoms with Crippen molar-refractivity contribution in [3.8, 4) is 0 Å². The number of quaternary nitrogens is 1. The number of benzene rings is 1. The van der Waals surface area contributed by atoms with E-state index in [0.717, 1.165) is 6.07 Å². The molecule has 1 aromatic carbocycles. The SMILES string of the molecule is CCCNC(=O)NC(=O)C[NH+](C)CC(=O)Nc1ccc(F)c(F)c1F. The maximum atomic E-state index is 13.5. The molecule has 1 rings (SSSR count). The van der Waals surface area contributed by atoms with Gasteiger partial charge in [0.2, 0.25) is 0 Å². The minimum Gasteiger partial charge on any atom is -0.338 e. The molecule has 0 heterocycles. The largest absolute Gasteiger partial charge is 0.338 e. The molecule has 4 amide bonds. The molecule has 0 aromatic heterocycles. The highest BCUT2D eigenvalue weighted by atomic mass is 19.2. The Kier molecular flexibility index (Phi) is 7.86. The van der Waals surface area contributed by atoms with Gasteiger partial charge in [0.1, 0.15) is 0 Å². The molecule has 0 aliphatic heterocycles. The minimum absolute atomic E-state index is 0.187. The van der Waals surface area contributed by atoms with Crippen molar-refractivity contribution in [1.29, 1.82) is 0 Å². The zero-order valence-corrected chi connectivity index (χ0v) is 13.8. The quantitative estimate of drug-likeness (QED) is 0.507. The van der Waals surface area contributed by atoms with Crippen molar-refractivity contribution >= 4 is 23.5 Å². The number of carbonyl (C=O) groups excluding carboxylic acids is 3. The molecule has 0 saturated heterocycles. The molecule has 1 unspecified atom stereocenters. The second-order valence-corrected chi connectivity index (χ2v) is 5.39. The molecule has 0 aliphatic rings. The van der Waals surface area contributed by atoms with Gasteiger partial charge in [-0.1, -0.05) is 6.92 Å². The first-order valence-electron chi connectivity index (χ1n) is 7.56. The molecule has 7 nitrogen and oxygen atoms in total. The van der Waals surface area contributed by atoms with E-state index in [-0.39, 0.29) is 13.1 Å². The standard InChI is InChI=1S/C15H19F3N4O3/c1-3-6-19-15(25)21-12(24)8-22(2)7-11(23)20-10-5-4-9(16)13(17)14(10)18/h4-5H,3,6-8H2,1-2H3,(H,20,23)(H2,19,21,24,25)/p+1. The highest BCUT2D eigenvalue weighted by molar-refractivity contribution is 5.95. The summed E-state index contributed by atoms with van der Waals surface area (Å²) in [4.78, 5) is 35.1. The summed E-state index contributed by atoms with van der Waals surface area (Å²) in [5.74, 6) is -5.85. The predicted octanol–water partition coefficient (Wildman–Crippen LogP) is -0.207. The molecule has 138 valence electrons. The van der Waals surface area contributed by atoms with E-state index in [0.29, 0.717) is 23.9 Å². The number of amides is 4. The third-order valence-corrected chi connectivity index (χ3v) is 3.02. The molecule has 25 heavy (non-hydrogen) atoms. The Hall–Kier alpha value is -2.62. The smallest absolute Gasteiger partial charge is 0.321 e. The summed E-state index contributed by atoms with van der Waals surface area (Å²) in [7, 11) is 1.50. The van der Waals surface area contributed by atoms with Crippen LogP contribution in [-0.2, 0) is 9.59 Å². The van der Waals surface area contributed by atoms with Crippen LogP contribution in [0.5, 0.6) is 0 Å². The number of carbonyl (C=O) groups is 3. The van der Waals surface area contributed by atoms with Gasteiger partial charge in [0.25, 0.3) is 11.8 Å². The average Bonchev–Trinajstić information content (AvgIpc) is 2.53. The Balaban J connectivity index is 2.48. The summed E-state index contributed by atoms with van der Waals surface area (Å²) >= 11 is 0. The van der Waals surface area contributed by atoms with E-state index in [1.54, 1.807) is 0 Å². The lowest BCUT2D eigenvalue weighted by Gasteiger charge is -2.14. The Morgan fingerprint density at radius 3 is 2.32 bits per heavy atom. The van der Waals surface area contributed by atoms with Crippen molar-refractivity contribution in [1.82, 2.24) is 10.6 Å². The van der Waals surface area contributed by atoms with Gasteiger partial charge in [-0.05, 0) is 18.6 Å². The van der Waals surface area contributed by atoms with Gasteiger partial charge in [0.05, 0.1) is 12.7 Å². The van der Waals surface area contributed by atoms with Gasteiger partial charge >= 0.3 is 6.03 Å². The predicted molar refractivity (Wildman–Crippen MR) is 83.4 cm³/mol. The lowest BCUT2D eigenvalue weighted by molar-refractivity contribution is -0.862. The van der Waals surface area contributed by atoms with Gasteiger partial charge < -0.3 is 15.5 Å². The van der Waals surface area contributed by atoms with E-state index in [9.17, 15) is 27.6 Å². The highest BCUT2D eigenvalue weighted by Crippen LogP contribution is 2.19. The van der Waals surface area contributed by atoms with Crippen LogP contribution < -0.4 is 20.9 Å². The van der Waals surface area contributed by atoms with Crippen molar-refractivity contribution in [3.63, 3.8) is 0 Å². The molecule has 1 atom stereocenters. The van der Waals surface area contributed by atoms with E-state index in [1.807, 2.05) is 6.92 Å². The van der Waals surface area contributed by atoms with Gasteiger partial charge in [-0.3, -0.25) is 14.9 Å². The topological polar surface area (TPSA) is 91.7 Å². The number of rotatable bonds is 7. The molecule has 0 radical (unpaired) electrons. The number of imide groups is 1. The van der Waals surface area contributed by atoms with Crippen LogP contribution in [0.2, 0.25) is 0 Å². The highest BCUT2D eigenvalue weighted by Gasteiger charge is 2.19. The monoisotopic (exact) mass is 361 g/mol. The summed E-state index contributed by atoms with van der Waals surface area (Å²) in [6, 6.07) is 0.951. The van der Waals surface area contributed by atoms with Gasteiger partial charge in [0, 0.05) is 6.54 Å². The second kappa shape index (κ2) is 9.62. The summed E-state index contributed by atoms with van der Waals surface area (Å²) in [6.45, 7) is 1.84. The maximum absolute atomic E-state index is 13.5. The molecular formula is C15H20F3N4O3+. The first-order valence-corrected chi connectivity index (χ1v) is 7.56. The number of likely N-dealkylation sites (N-methyl/N-ethyl adjacent to an activating group) is 1. The molecule has 0 fully saturated rings. The number of urea groups is 1. The molecule has 0 aliphatic carbocycles. The summed E-state index contributed by atoms with van der Waals surface area (Å²) in [6.07, 6.45) is 0.716. The van der Waals surface area contributed by atoms with Crippen molar-refractivity contribution in [2.75, 3.05) is 32.0 Å². The van der Waals surface area contributed by atoms with E-state index < -0.39 is 41.0 Å². The third kappa shape index (κ3) is 6.79. The molecule has 10 heteroatoms. The molecule has 4 N–H and O–H groups in total. The molecule has 0 bridgehead atoms. The maximum Gasteiger partial charge on any atom is 0.321 e. The van der Waals surface area contributed by atoms with Crippen LogP contribution in [0.3, 0.4) is 0 Å². The number of hydrogen-bond acceptors (Lipinski definition) is 3. The van der Waals surface area contributed by atoms with E-state index in [2.05, 4.69) is 16.0 Å². The lowest BCUT2D eigenvalue weighted by atomic mass is 10.2. The number of anilines is 1. The van der Waals surface area contributed by atoms with Crippen molar-refractivity contribution < 1.29 is 32.5 Å². The Bertz CT molecular complexity index is 655. The molecule has 0 spiro atoms. The van der Waals surface area contributed by atoms with Gasteiger partial charge in [-0.2, -0.15) is 0 Å². The first kappa shape index (κ1) is 20.4. The lowest BCUT2D eigenvalue weighted by Crippen LogP contribution is -3.11. The Morgan fingerprint density at radius 1 is 1.04 bits per heavy atom. The fraction of sp³-hybridized carbons (Fsp3) is 0.400. The number of halogens is 3. The van der Waals surface area contributed by atoms with Crippen LogP contribution in [0.25, 0.3) is 0 Å².